The maximum Gasteiger partial charge on any atom is 0.322 e. The monoisotopic (exact) mass is 332 g/mol. The van der Waals surface area contributed by atoms with Gasteiger partial charge in [-0.3, -0.25) is 0 Å². The molecule has 23 heavy (non-hydrogen) atoms. The van der Waals surface area contributed by atoms with Crippen LogP contribution in [0.15, 0.2) is 54.6 Å². The van der Waals surface area contributed by atoms with Crippen molar-refractivity contribution in [2.75, 3.05) is 11.9 Å². The molecule has 0 aromatic heterocycles. The number of aliphatic hydroxyl groups excluding tert-OH is 1. The van der Waals surface area contributed by atoms with Crippen LogP contribution >= 0.6 is 11.6 Å². The van der Waals surface area contributed by atoms with E-state index in [1.165, 1.54) is 0 Å². The molecular formula is C18H21ClN2O2. The highest BCUT2D eigenvalue weighted by atomic mass is 35.5. The maximum atomic E-state index is 12.7. The zero-order valence-corrected chi connectivity index (χ0v) is 13.8. The number of rotatable bonds is 6. The van der Waals surface area contributed by atoms with Gasteiger partial charge < -0.3 is 15.3 Å². The van der Waals surface area contributed by atoms with E-state index in [2.05, 4.69) is 5.32 Å². The Balaban J connectivity index is 2.19. The van der Waals surface area contributed by atoms with Gasteiger partial charge in [-0.25, -0.2) is 4.79 Å². The normalized spacial score (nSPS) is 11.8. The SMILES string of the molecule is CC[C@@H](CO)N(Cc1ccccc1)C(=O)Nc1ccccc1Cl. The van der Waals surface area contributed by atoms with E-state index < -0.39 is 0 Å². The maximum absolute atomic E-state index is 12.7. The van der Waals surface area contributed by atoms with E-state index in [0.717, 1.165) is 5.56 Å². The van der Waals surface area contributed by atoms with E-state index in [1.54, 1.807) is 17.0 Å². The van der Waals surface area contributed by atoms with Crippen molar-refractivity contribution in [3.05, 3.63) is 65.2 Å². The molecule has 2 N–H and O–H groups in total. The highest BCUT2D eigenvalue weighted by Gasteiger charge is 2.22. The summed E-state index contributed by atoms with van der Waals surface area (Å²) in [5.74, 6) is 0. The van der Waals surface area contributed by atoms with Crippen molar-refractivity contribution >= 4 is 23.3 Å². The fraction of sp³-hybridized carbons (Fsp3) is 0.278. The number of halogens is 1. The molecule has 0 spiro atoms. The summed E-state index contributed by atoms with van der Waals surface area (Å²) in [6.07, 6.45) is 0.666. The Morgan fingerprint density at radius 2 is 1.83 bits per heavy atom. The number of urea groups is 1. The summed E-state index contributed by atoms with van der Waals surface area (Å²) < 4.78 is 0. The minimum Gasteiger partial charge on any atom is -0.394 e. The van der Waals surface area contributed by atoms with Crippen molar-refractivity contribution in [3.8, 4) is 0 Å². The number of carbonyl (C=O) groups excluding carboxylic acids is 1. The Labute approximate surface area is 141 Å². The summed E-state index contributed by atoms with van der Waals surface area (Å²) in [6.45, 7) is 2.29. The summed E-state index contributed by atoms with van der Waals surface area (Å²) in [6, 6.07) is 16.3. The highest BCUT2D eigenvalue weighted by Crippen LogP contribution is 2.22. The van der Waals surface area contributed by atoms with Gasteiger partial charge in [-0.2, -0.15) is 0 Å². The summed E-state index contributed by atoms with van der Waals surface area (Å²) in [4.78, 5) is 14.3. The second-order valence-corrected chi connectivity index (χ2v) is 5.68. The molecule has 2 rings (SSSR count). The Bertz CT molecular complexity index is 630. The molecule has 2 aromatic rings. The predicted octanol–water partition coefficient (Wildman–Crippen LogP) is 4.15. The molecule has 0 fully saturated rings. The average Bonchev–Trinajstić information content (AvgIpc) is 2.58. The van der Waals surface area contributed by atoms with E-state index >= 15 is 0 Å². The van der Waals surface area contributed by atoms with Crippen LogP contribution in [0.3, 0.4) is 0 Å². The van der Waals surface area contributed by atoms with Crippen molar-refractivity contribution in [1.29, 1.82) is 0 Å². The molecule has 1 atom stereocenters. The second kappa shape index (κ2) is 8.56. The van der Waals surface area contributed by atoms with Gasteiger partial charge in [0.15, 0.2) is 0 Å². The number of benzene rings is 2. The molecule has 0 radical (unpaired) electrons. The number of aliphatic hydroxyl groups is 1. The topological polar surface area (TPSA) is 52.6 Å². The average molecular weight is 333 g/mol. The summed E-state index contributed by atoms with van der Waals surface area (Å²) in [5, 5.41) is 12.9. The van der Waals surface area contributed by atoms with Crippen molar-refractivity contribution < 1.29 is 9.90 Å². The van der Waals surface area contributed by atoms with Crippen molar-refractivity contribution in [1.82, 2.24) is 4.90 Å². The molecule has 0 saturated carbocycles. The van der Waals surface area contributed by atoms with Gasteiger partial charge in [-0.15, -0.1) is 0 Å². The number of nitrogens with one attached hydrogen (secondary N) is 1. The Morgan fingerprint density at radius 1 is 1.17 bits per heavy atom. The van der Waals surface area contributed by atoms with E-state index in [1.807, 2.05) is 49.4 Å². The van der Waals surface area contributed by atoms with Crippen LogP contribution < -0.4 is 5.32 Å². The van der Waals surface area contributed by atoms with Crippen molar-refractivity contribution in [3.63, 3.8) is 0 Å². The minimum absolute atomic E-state index is 0.0841. The first kappa shape index (κ1) is 17.3. The molecule has 2 aromatic carbocycles. The summed E-state index contributed by atoms with van der Waals surface area (Å²) in [5.41, 5.74) is 1.57. The Kier molecular flexibility index (Phi) is 6.44. The molecule has 0 unspecified atom stereocenters. The van der Waals surface area contributed by atoms with Crippen LogP contribution in [-0.2, 0) is 6.54 Å². The van der Waals surface area contributed by atoms with Gasteiger partial charge in [-0.1, -0.05) is 61.0 Å². The number of hydrogen-bond acceptors (Lipinski definition) is 2. The van der Waals surface area contributed by atoms with Gasteiger partial charge in [0, 0.05) is 6.54 Å². The van der Waals surface area contributed by atoms with E-state index in [-0.39, 0.29) is 18.7 Å². The number of anilines is 1. The smallest absolute Gasteiger partial charge is 0.322 e. The number of carbonyl (C=O) groups is 1. The van der Waals surface area contributed by atoms with Gasteiger partial charge in [0.1, 0.15) is 0 Å². The molecule has 0 saturated heterocycles. The lowest BCUT2D eigenvalue weighted by Crippen LogP contribution is -2.44. The van der Waals surface area contributed by atoms with Crippen molar-refractivity contribution in [2.45, 2.75) is 25.9 Å². The molecule has 0 aliphatic rings. The van der Waals surface area contributed by atoms with Gasteiger partial charge >= 0.3 is 6.03 Å². The van der Waals surface area contributed by atoms with E-state index in [0.29, 0.717) is 23.7 Å². The molecule has 0 bridgehead atoms. The fourth-order valence-electron chi connectivity index (χ4n) is 2.34. The van der Waals surface area contributed by atoms with E-state index in [9.17, 15) is 9.90 Å². The first-order valence-corrected chi connectivity index (χ1v) is 8.00. The quantitative estimate of drug-likeness (QED) is 0.835. The molecule has 0 aliphatic heterocycles. The highest BCUT2D eigenvalue weighted by molar-refractivity contribution is 6.33. The minimum atomic E-state index is -0.275. The van der Waals surface area contributed by atoms with Crippen LogP contribution in [0.1, 0.15) is 18.9 Å². The lowest BCUT2D eigenvalue weighted by molar-refractivity contribution is 0.134. The molecule has 4 nitrogen and oxygen atoms in total. The number of hydrogen-bond donors (Lipinski definition) is 2. The fourth-order valence-corrected chi connectivity index (χ4v) is 2.53. The lowest BCUT2D eigenvalue weighted by Gasteiger charge is -2.30. The van der Waals surface area contributed by atoms with Gasteiger partial charge in [0.25, 0.3) is 0 Å². The van der Waals surface area contributed by atoms with Crippen molar-refractivity contribution in [2.24, 2.45) is 0 Å². The zero-order chi connectivity index (χ0) is 16.7. The largest absolute Gasteiger partial charge is 0.394 e. The predicted molar refractivity (Wildman–Crippen MR) is 93.6 cm³/mol. The van der Waals surface area contributed by atoms with E-state index in [4.69, 9.17) is 11.6 Å². The van der Waals surface area contributed by atoms with Crippen LogP contribution in [-0.4, -0.2) is 28.7 Å². The first-order chi connectivity index (χ1) is 11.2. The first-order valence-electron chi connectivity index (χ1n) is 7.62. The molecule has 122 valence electrons. The standard InChI is InChI=1S/C18H21ClN2O2/c1-2-15(13-22)21(12-14-8-4-3-5-9-14)18(23)20-17-11-7-6-10-16(17)19/h3-11,15,22H,2,12-13H2,1H3,(H,20,23)/t15-/m0/s1. The third-order valence-corrected chi connectivity index (χ3v) is 4.02. The molecule has 0 aliphatic carbocycles. The Hall–Kier alpha value is -2.04. The van der Waals surface area contributed by atoms with Crippen LogP contribution in [0, 0.1) is 0 Å². The van der Waals surface area contributed by atoms with Crippen LogP contribution in [0.5, 0.6) is 0 Å². The summed E-state index contributed by atoms with van der Waals surface area (Å²) in [7, 11) is 0. The van der Waals surface area contributed by atoms with Gasteiger partial charge in [0.05, 0.1) is 23.4 Å². The van der Waals surface area contributed by atoms with Crippen LogP contribution in [0.4, 0.5) is 10.5 Å². The lowest BCUT2D eigenvalue weighted by atomic mass is 10.1. The zero-order valence-electron chi connectivity index (χ0n) is 13.1. The van der Waals surface area contributed by atoms with Gasteiger partial charge in [0.2, 0.25) is 0 Å². The van der Waals surface area contributed by atoms with Crippen LogP contribution in [0.25, 0.3) is 0 Å². The Morgan fingerprint density at radius 3 is 2.43 bits per heavy atom. The van der Waals surface area contributed by atoms with Gasteiger partial charge in [-0.05, 0) is 24.1 Å². The third kappa shape index (κ3) is 4.71. The third-order valence-electron chi connectivity index (χ3n) is 3.69. The second-order valence-electron chi connectivity index (χ2n) is 5.27. The molecular weight excluding hydrogens is 312 g/mol. The number of amides is 2. The number of nitrogens with zero attached hydrogens (tertiary/aromatic N) is 1. The molecule has 0 heterocycles. The summed E-state index contributed by atoms with van der Waals surface area (Å²) >= 11 is 6.10. The number of para-hydroxylation sites is 1. The van der Waals surface area contributed by atoms with Crippen LogP contribution in [0.2, 0.25) is 5.02 Å². The molecule has 5 heteroatoms. The molecule has 2 amide bonds.